The van der Waals surface area contributed by atoms with Crippen molar-refractivity contribution >= 4 is 11.6 Å². The fourth-order valence-corrected chi connectivity index (χ4v) is 1.92. The van der Waals surface area contributed by atoms with E-state index in [1.807, 2.05) is 0 Å². The van der Waals surface area contributed by atoms with Gasteiger partial charge in [0.25, 0.3) is 0 Å². The molecular formula is C13H12ClF2NO. The zero-order chi connectivity index (χ0) is 13.2. The molecule has 0 unspecified atom stereocenters. The molecule has 0 saturated heterocycles. The third-order valence-corrected chi connectivity index (χ3v) is 3.45. The van der Waals surface area contributed by atoms with Crippen LogP contribution in [0.2, 0.25) is 0 Å². The Kier molecular flexibility index (Phi) is 3.72. The highest BCUT2D eigenvalue weighted by Gasteiger charge is 2.43. The average Bonchev–Trinajstić information content (AvgIpc) is 3.08. The fraction of sp³-hybridized carbons (Fsp3) is 0.462. The van der Waals surface area contributed by atoms with Crippen molar-refractivity contribution in [2.75, 3.05) is 6.61 Å². The van der Waals surface area contributed by atoms with Crippen LogP contribution in [0.15, 0.2) is 12.1 Å². The van der Waals surface area contributed by atoms with Crippen LogP contribution in [0, 0.1) is 28.4 Å². The first-order chi connectivity index (χ1) is 8.60. The van der Waals surface area contributed by atoms with E-state index < -0.39 is 11.6 Å². The predicted octanol–water partition coefficient (Wildman–Crippen LogP) is 3.78. The lowest BCUT2D eigenvalue weighted by Crippen LogP contribution is -2.14. The second kappa shape index (κ2) is 5.11. The summed E-state index contributed by atoms with van der Waals surface area (Å²) in [6.45, 7) is 0.175. The van der Waals surface area contributed by atoms with Crippen molar-refractivity contribution in [3.8, 4) is 11.8 Å². The molecule has 1 aliphatic carbocycles. The highest BCUT2D eigenvalue weighted by Crippen LogP contribution is 2.48. The summed E-state index contributed by atoms with van der Waals surface area (Å²) in [5, 5.41) is 8.65. The van der Waals surface area contributed by atoms with Crippen molar-refractivity contribution in [1.82, 2.24) is 0 Å². The second-order valence-corrected chi connectivity index (χ2v) is 4.91. The number of halogens is 3. The molecule has 0 N–H and O–H groups in total. The van der Waals surface area contributed by atoms with E-state index in [1.54, 1.807) is 0 Å². The topological polar surface area (TPSA) is 33.0 Å². The van der Waals surface area contributed by atoms with Gasteiger partial charge in [0.15, 0.2) is 17.4 Å². The summed E-state index contributed by atoms with van der Waals surface area (Å²) in [7, 11) is 0. The molecule has 1 fully saturated rings. The monoisotopic (exact) mass is 271 g/mol. The molecular weight excluding hydrogens is 260 g/mol. The summed E-state index contributed by atoms with van der Waals surface area (Å²) >= 11 is 5.51. The molecule has 2 rings (SSSR count). The summed E-state index contributed by atoms with van der Waals surface area (Å²) in [6, 6.07) is 4.39. The Balaban J connectivity index is 2.08. The van der Waals surface area contributed by atoms with Crippen LogP contribution in [0.1, 0.15) is 24.8 Å². The van der Waals surface area contributed by atoms with E-state index in [9.17, 15) is 8.78 Å². The van der Waals surface area contributed by atoms with E-state index in [2.05, 4.69) is 6.07 Å². The van der Waals surface area contributed by atoms with Crippen LogP contribution in [0.4, 0.5) is 8.78 Å². The molecule has 1 aliphatic rings. The first-order valence-corrected chi connectivity index (χ1v) is 6.17. The average molecular weight is 272 g/mol. The largest absolute Gasteiger partial charge is 0.487 e. The van der Waals surface area contributed by atoms with Gasteiger partial charge in [0, 0.05) is 17.7 Å². The van der Waals surface area contributed by atoms with Gasteiger partial charge in [-0.3, -0.25) is 0 Å². The Bertz CT molecular complexity index is 471. The number of hydrogen-bond acceptors (Lipinski definition) is 2. The van der Waals surface area contributed by atoms with Gasteiger partial charge in [-0.05, 0) is 30.5 Å². The first kappa shape index (κ1) is 13.1. The Morgan fingerprint density at radius 1 is 1.33 bits per heavy atom. The maximum Gasteiger partial charge on any atom is 0.190 e. The Labute approximate surface area is 109 Å². The Morgan fingerprint density at radius 3 is 2.39 bits per heavy atom. The lowest BCUT2D eigenvalue weighted by Gasteiger charge is -2.14. The Hall–Kier alpha value is -1.34. The predicted molar refractivity (Wildman–Crippen MR) is 63.3 cm³/mol. The SMILES string of the molecule is N#CCC1(COc2c(F)cc(CCl)cc2F)CC1. The third kappa shape index (κ3) is 2.73. The van der Waals surface area contributed by atoms with Crippen LogP contribution >= 0.6 is 11.6 Å². The molecule has 2 nitrogen and oxygen atoms in total. The van der Waals surface area contributed by atoms with Gasteiger partial charge >= 0.3 is 0 Å². The molecule has 0 radical (unpaired) electrons. The van der Waals surface area contributed by atoms with E-state index in [0.717, 1.165) is 25.0 Å². The van der Waals surface area contributed by atoms with Crippen molar-refractivity contribution in [3.05, 3.63) is 29.3 Å². The molecule has 1 saturated carbocycles. The van der Waals surface area contributed by atoms with E-state index >= 15 is 0 Å². The van der Waals surface area contributed by atoms with E-state index in [0.29, 0.717) is 12.0 Å². The number of benzene rings is 1. The molecule has 0 atom stereocenters. The minimum atomic E-state index is -0.751. The fourth-order valence-electron chi connectivity index (χ4n) is 1.77. The third-order valence-electron chi connectivity index (χ3n) is 3.15. The zero-order valence-corrected chi connectivity index (χ0v) is 10.4. The summed E-state index contributed by atoms with van der Waals surface area (Å²) in [5.74, 6) is -1.84. The maximum atomic E-state index is 13.6. The molecule has 0 aromatic heterocycles. The van der Waals surface area contributed by atoms with Gasteiger partial charge in [0.05, 0.1) is 12.7 Å². The van der Waals surface area contributed by atoms with E-state index in [-0.39, 0.29) is 23.7 Å². The highest BCUT2D eigenvalue weighted by molar-refractivity contribution is 6.17. The van der Waals surface area contributed by atoms with Crippen molar-refractivity contribution in [2.45, 2.75) is 25.1 Å². The lowest BCUT2D eigenvalue weighted by atomic mass is 10.1. The van der Waals surface area contributed by atoms with Crippen LogP contribution in [-0.4, -0.2) is 6.61 Å². The van der Waals surface area contributed by atoms with Crippen LogP contribution in [0.3, 0.4) is 0 Å². The number of nitriles is 1. The number of ether oxygens (including phenoxy) is 1. The molecule has 18 heavy (non-hydrogen) atoms. The van der Waals surface area contributed by atoms with Crippen molar-refractivity contribution in [1.29, 1.82) is 5.26 Å². The standard InChI is InChI=1S/C13H12ClF2NO/c14-7-9-5-10(15)12(11(16)6-9)18-8-13(1-2-13)3-4-17/h5-6H,1-3,7-8H2. The number of alkyl halides is 1. The van der Waals surface area contributed by atoms with Gasteiger partial charge in [-0.25, -0.2) is 8.78 Å². The summed E-state index contributed by atoms with van der Waals surface area (Å²) in [4.78, 5) is 0. The van der Waals surface area contributed by atoms with Gasteiger partial charge in [-0.15, -0.1) is 11.6 Å². The zero-order valence-electron chi connectivity index (χ0n) is 9.68. The molecule has 1 aromatic carbocycles. The van der Waals surface area contributed by atoms with Gasteiger partial charge in [-0.1, -0.05) is 0 Å². The molecule has 96 valence electrons. The molecule has 0 amide bonds. The number of rotatable bonds is 5. The van der Waals surface area contributed by atoms with E-state index in [4.69, 9.17) is 21.6 Å². The quantitative estimate of drug-likeness (QED) is 0.764. The Morgan fingerprint density at radius 2 is 1.94 bits per heavy atom. The van der Waals surface area contributed by atoms with Crippen molar-refractivity contribution < 1.29 is 13.5 Å². The maximum absolute atomic E-state index is 13.6. The van der Waals surface area contributed by atoms with Crippen LogP contribution in [0.25, 0.3) is 0 Å². The van der Waals surface area contributed by atoms with Crippen LogP contribution in [0.5, 0.6) is 5.75 Å². The number of nitrogens with zero attached hydrogens (tertiary/aromatic N) is 1. The molecule has 0 aliphatic heterocycles. The van der Waals surface area contributed by atoms with Crippen molar-refractivity contribution in [2.24, 2.45) is 5.41 Å². The summed E-state index contributed by atoms with van der Waals surface area (Å²) in [5.41, 5.74) is 0.163. The lowest BCUT2D eigenvalue weighted by molar-refractivity contribution is 0.218. The van der Waals surface area contributed by atoms with Gasteiger partial charge in [0.1, 0.15) is 0 Å². The molecule has 5 heteroatoms. The highest BCUT2D eigenvalue weighted by atomic mass is 35.5. The van der Waals surface area contributed by atoms with Crippen LogP contribution in [-0.2, 0) is 5.88 Å². The summed E-state index contributed by atoms with van der Waals surface area (Å²) in [6.07, 6.45) is 2.09. The molecule has 0 heterocycles. The molecule has 1 aromatic rings. The van der Waals surface area contributed by atoms with Crippen LogP contribution < -0.4 is 4.74 Å². The van der Waals surface area contributed by atoms with Crippen molar-refractivity contribution in [3.63, 3.8) is 0 Å². The normalized spacial score (nSPS) is 16.1. The van der Waals surface area contributed by atoms with Gasteiger partial charge in [-0.2, -0.15) is 5.26 Å². The minimum Gasteiger partial charge on any atom is -0.487 e. The second-order valence-electron chi connectivity index (χ2n) is 4.65. The molecule has 0 spiro atoms. The van der Waals surface area contributed by atoms with Gasteiger partial charge in [0.2, 0.25) is 0 Å². The minimum absolute atomic E-state index is 0.0481. The first-order valence-electron chi connectivity index (χ1n) is 5.64. The molecule has 0 bridgehead atoms. The van der Waals surface area contributed by atoms with Gasteiger partial charge < -0.3 is 4.74 Å². The summed E-state index contributed by atoms with van der Waals surface area (Å²) < 4.78 is 32.4. The number of hydrogen-bond donors (Lipinski definition) is 0. The smallest absolute Gasteiger partial charge is 0.190 e. The van der Waals surface area contributed by atoms with E-state index in [1.165, 1.54) is 0 Å².